The Morgan fingerprint density at radius 2 is 1.82 bits per heavy atom. The summed E-state index contributed by atoms with van der Waals surface area (Å²) in [5, 5.41) is 45.5. The minimum absolute atomic E-state index is 0.0163. The molecule has 3 aliphatic carbocycles. The minimum Gasteiger partial charge on any atom is -0.510 e. The summed E-state index contributed by atoms with van der Waals surface area (Å²) in [7, 11) is 4.71. The molecule has 210 valence electrons. The number of carbonyl (C=O) groups is 3. The van der Waals surface area contributed by atoms with Crippen molar-refractivity contribution in [2.45, 2.75) is 63.9 Å². The number of hydrogen-bond donors (Lipinski definition) is 5. The van der Waals surface area contributed by atoms with Crippen LogP contribution in [-0.4, -0.2) is 86.6 Å². The van der Waals surface area contributed by atoms with Gasteiger partial charge in [-0.15, -0.1) is 0 Å². The quantitative estimate of drug-likeness (QED) is 0.341. The summed E-state index contributed by atoms with van der Waals surface area (Å²) in [4.78, 5) is 43.3. The van der Waals surface area contributed by atoms with Gasteiger partial charge in [0.2, 0.25) is 5.78 Å². The fourth-order valence-corrected chi connectivity index (χ4v) is 7.07. The summed E-state index contributed by atoms with van der Waals surface area (Å²) >= 11 is 0. The number of ether oxygens (including phenoxy) is 1. The van der Waals surface area contributed by atoms with Crippen LogP contribution in [0.15, 0.2) is 22.7 Å². The first-order valence-electron chi connectivity index (χ1n) is 13.1. The van der Waals surface area contributed by atoms with E-state index in [4.69, 9.17) is 10.5 Å². The van der Waals surface area contributed by atoms with Crippen LogP contribution in [0.2, 0.25) is 0 Å². The largest absolute Gasteiger partial charge is 0.510 e. The van der Waals surface area contributed by atoms with E-state index in [0.717, 1.165) is 12.0 Å². The Bertz CT molecular complexity index is 1380. The van der Waals surface area contributed by atoms with Gasteiger partial charge in [0, 0.05) is 47.3 Å². The van der Waals surface area contributed by atoms with Crippen LogP contribution in [0.3, 0.4) is 0 Å². The molecule has 1 amide bonds. The van der Waals surface area contributed by atoms with Crippen LogP contribution < -0.4 is 10.5 Å². The first-order valence-corrected chi connectivity index (χ1v) is 13.1. The molecule has 4 aliphatic rings. The topological polar surface area (TPSA) is 174 Å². The molecule has 5 rings (SSSR count). The number of methoxy groups -OCH3 is 1. The van der Waals surface area contributed by atoms with E-state index in [2.05, 4.69) is 18.7 Å². The van der Waals surface area contributed by atoms with E-state index in [9.17, 15) is 34.8 Å². The zero-order valence-corrected chi connectivity index (χ0v) is 22.7. The third-order valence-corrected chi connectivity index (χ3v) is 9.19. The summed E-state index contributed by atoms with van der Waals surface area (Å²) < 4.78 is 5.81. The number of likely N-dealkylation sites (N-methyl/N-ethyl adjacent to an activating group) is 1. The first kappa shape index (κ1) is 27.2. The lowest BCUT2D eigenvalue weighted by molar-refractivity contribution is -0.148. The molecule has 0 spiro atoms. The predicted octanol–water partition coefficient (Wildman–Crippen LogP) is 1.24. The summed E-state index contributed by atoms with van der Waals surface area (Å²) in [6, 6.07) is -0.802. The number of aliphatic hydroxyl groups is 3. The number of amides is 1. The number of allylic oxidation sites excluding steroid dienone is 1. The monoisotopic (exact) mass is 541 g/mol. The van der Waals surface area contributed by atoms with Crippen molar-refractivity contribution in [3.8, 4) is 11.5 Å². The van der Waals surface area contributed by atoms with E-state index >= 15 is 0 Å². The Labute approximate surface area is 226 Å². The molecule has 1 aromatic rings. The molecule has 0 fully saturated rings. The number of hydrogen-bond acceptors (Lipinski definition) is 10. The summed E-state index contributed by atoms with van der Waals surface area (Å²) in [5.41, 5.74) is 3.62. The van der Waals surface area contributed by atoms with Crippen LogP contribution in [0.25, 0.3) is 0 Å². The van der Waals surface area contributed by atoms with Gasteiger partial charge in [-0.05, 0) is 46.2 Å². The van der Waals surface area contributed by atoms with Crippen molar-refractivity contribution >= 4 is 17.5 Å². The maximum Gasteiger partial charge on any atom is 0.255 e. The van der Waals surface area contributed by atoms with Gasteiger partial charge in [0.1, 0.15) is 28.6 Å². The van der Waals surface area contributed by atoms with Gasteiger partial charge in [-0.2, -0.15) is 0 Å². The minimum atomic E-state index is -2.66. The number of aromatic hydroxyl groups is 1. The maximum atomic E-state index is 14.0. The number of ketones is 2. The number of nitrogens with zero attached hydrogens (tertiary/aromatic N) is 2. The van der Waals surface area contributed by atoms with Gasteiger partial charge in [-0.1, -0.05) is 6.92 Å². The number of fused-ring (bicyclic) bond motifs is 4. The Hall–Kier alpha value is -3.41. The number of carbonyl (C=O) groups excluding carboxylic acids is 3. The number of aliphatic hydroxyl groups excluding tert-OH is 2. The SMILES string of the molecule is CC[C@@H](C)N1Cc2c(O)c3c(c(OC)c2C1)C[C@H]1C[C@H]2[C@H](N(C)C)C(O)=C(C(N)=O)C(=O)[C@@]2(O)C(O)=C1C3=O. The van der Waals surface area contributed by atoms with Gasteiger partial charge in [0.15, 0.2) is 11.4 Å². The smallest absolute Gasteiger partial charge is 0.255 e. The molecule has 5 atom stereocenters. The zero-order valence-electron chi connectivity index (χ0n) is 22.7. The second-order valence-corrected chi connectivity index (χ2v) is 11.3. The highest BCUT2D eigenvalue weighted by Gasteiger charge is 2.63. The van der Waals surface area contributed by atoms with Crippen LogP contribution in [-0.2, 0) is 29.1 Å². The second kappa shape index (κ2) is 9.07. The highest BCUT2D eigenvalue weighted by molar-refractivity contribution is 6.24. The lowest BCUT2D eigenvalue weighted by atomic mass is 9.58. The highest BCUT2D eigenvalue weighted by Crippen LogP contribution is 2.55. The average Bonchev–Trinajstić information content (AvgIpc) is 3.31. The van der Waals surface area contributed by atoms with E-state index in [-0.39, 0.29) is 35.8 Å². The Morgan fingerprint density at radius 1 is 1.18 bits per heavy atom. The van der Waals surface area contributed by atoms with E-state index in [0.29, 0.717) is 30.0 Å². The summed E-state index contributed by atoms with van der Waals surface area (Å²) in [6.45, 7) is 5.13. The van der Waals surface area contributed by atoms with Crippen molar-refractivity contribution in [3.63, 3.8) is 0 Å². The van der Waals surface area contributed by atoms with Gasteiger partial charge in [-0.3, -0.25) is 24.2 Å². The molecule has 11 heteroatoms. The fraction of sp³-hybridized carbons (Fsp3) is 0.536. The first-order chi connectivity index (χ1) is 18.3. The van der Waals surface area contributed by atoms with Crippen molar-refractivity contribution in [2.75, 3.05) is 21.2 Å². The number of phenols is 1. The van der Waals surface area contributed by atoms with Crippen LogP contribution in [0, 0.1) is 11.8 Å². The maximum absolute atomic E-state index is 14.0. The van der Waals surface area contributed by atoms with Crippen molar-refractivity contribution in [1.82, 2.24) is 9.80 Å². The molecule has 0 bridgehead atoms. The van der Waals surface area contributed by atoms with Crippen molar-refractivity contribution < 1.29 is 39.5 Å². The number of nitrogens with two attached hydrogens (primary N) is 1. The van der Waals surface area contributed by atoms with E-state index in [1.54, 1.807) is 14.1 Å². The van der Waals surface area contributed by atoms with Crippen LogP contribution in [0.5, 0.6) is 11.5 Å². The molecule has 1 aliphatic heterocycles. The number of phenolic OH excluding ortho intramolecular Hbond substituents is 1. The number of benzene rings is 1. The lowest BCUT2D eigenvalue weighted by Crippen LogP contribution is -2.63. The highest BCUT2D eigenvalue weighted by atomic mass is 16.5. The Morgan fingerprint density at radius 3 is 2.38 bits per heavy atom. The molecular weight excluding hydrogens is 506 g/mol. The normalized spacial score (nSPS) is 29.3. The molecule has 39 heavy (non-hydrogen) atoms. The summed E-state index contributed by atoms with van der Waals surface area (Å²) in [6.07, 6.45) is 1.13. The van der Waals surface area contributed by atoms with Gasteiger partial charge < -0.3 is 30.9 Å². The molecule has 0 aromatic heterocycles. The standard InChI is InChI=1S/C28H35N3O8/c1-6-11(2)31-9-14-15(10-31)24(39-5)13-7-12-8-16-20(30(3)4)23(34)19(27(29)37)26(36)28(16,38)25(35)17(12)22(33)18(13)21(14)32/h11-12,16,20,32,34-35,38H,6-10H2,1-5H3,(H2,29,37)/t11-,12+,16+,20+,28+/m1/s1. The van der Waals surface area contributed by atoms with Gasteiger partial charge in [0.25, 0.3) is 5.91 Å². The number of primary amides is 1. The zero-order chi connectivity index (χ0) is 28.7. The van der Waals surface area contributed by atoms with Crippen LogP contribution >= 0.6 is 0 Å². The van der Waals surface area contributed by atoms with Gasteiger partial charge in [0.05, 0.1) is 18.7 Å². The fourth-order valence-electron chi connectivity index (χ4n) is 7.07. The molecule has 1 heterocycles. The van der Waals surface area contributed by atoms with Gasteiger partial charge in [-0.25, -0.2) is 0 Å². The molecule has 11 nitrogen and oxygen atoms in total. The molecule has 6 N–H and O–H groups in total. The van der Waals surface area contributed by atoms with Gasteiger partial charge >= 0.3 is 0 Å². The molecule has 0 unspecified atom stereocenters. The van der Waals surface area contributed by atoms with E-state index in [1.807, 2.05) is 0 Å². The number of Topliss-reactive ketones (excluding diaryl/α,β-unsaturated/α-hetero) is 2. The Kier molecular flexibility index (Phi) is 6.32. The Balaban J connectivity index is 1.70. The lowest BCUT2D eigenvalue weighted by Gasteiger charge is -2.50. The van der Waals surface area contributed by atoms with Crippen LogP contribution in [0.1, 0.15) is 53.7 Å². The van der Waals surface area contributed by atoms with Crippen LogP contribution in [0.4, 0.5) is 0 Å². The summed E-state index contributed by atoms with van der Waals surface area (Å²) in [5.74, 6) is -6.07. The molecule has 0 radical (unpaired) electrons. The van der Waals surface area contributed by atoms with E-state index in [1.165, 1.54) is 12.0 Å². The molecule has 0 saturated heterocycles. The molecule has 0 saturated carbocycles. The van der Waals surface area contributed by atoms with E-state index < -0.39 is 58.0 Å². The molecule has 1 aromatic carbocycles. The van der Waals surface area contributed by atoms with Crippen molar-refractivity contribution in [3.05, 3.63) is 44.9 Å². The second-order valence-electron chi connectivity index (χ2n) is 11.3. The number of rotatable bonds is 5. The average molecular weight is 542 g/mol. The van der Waals surface area contributed by atoms with Crippen molar-refractivity contribution in [2.24, 2.45) is 17.6 Å². The third-order valence-electron chi connectivity index (χ3n) is 9.19. The third kappa shape index (κ3) is 3.49. The predicted molar refractivity (Wildman–Crippen MR) is 139 cm³/mol. The van der Waals surface area contributed by atoms with Crippen molar-refractivity contribution in [1.29, 1.82) is 0 Å². The molecular formula is C28H35N3O8.